The van der Waals surface area contributed by atoms with Crippen LogP contribution in [0.1, 0.15) is 10.4 Å². The monoisotopic (exact) mass is 310 g/mol. The Hall–Kier alpha value is -1.13. The Labute approximate surface area is 111 Å². The summed E-state index contributed by atoms with van der Waals surface area (Å²) in [6.45, 7) is 0. The maximum Gasteiger partial charge on any atom is 0.150 e. The van der Waals surface area contributed by atoms with E-state index in [0.717, 1.165) is 20.5 Å². The molecule has 0 bridgehead atoms. The highest BCUT2D eigenvalue weighted by Gasteiger charge is 2.03. The molecule has 0 saturated heterocycles. The van der Waals surface area contributed by atoms with Crippen molar-refractivity contribution >= 4 is 34.0 Å². The number of rotatable bonds is 3. The zero-order chi connectivity index (χ0) is 12.3. The molecule has 86 valence electrons. The minimum absolute atomic E-state index is 0.246. The van der Waals surface area contributed by atoms with E-state index >= 15 is 0 Å². The van der Waals surface area contributed by atoms with Crippen LogP contribution in [0.2, 0.25) is 0 Å². The van der Waals surface area contributed by atoms with Crippen LogP contribution < -0.4 is 0 Å². The summed E-state index contributed by atoms with van der Waals surface area (Å²) < 4.78 is 13.6. The Balaban J connectivity index is 2.24. The molecule has 0 atom stereocenters. The molecule has 1 nitrogen and oxygen atoms in total. The average Bonchev–Trinajstić information content (AvgIpc) is 2.34. The van der Waals surface area contributed by atoms with Gasteiger partial charge in [0.25, 0.3) is 0 Å². The number of benzene rings is 2. The lowest BCUT2D eigenvalue weighted by Crippen LogP contribution is -1.82. The van der Waals surface area contributed by atoms with Gasteiger partial charge >= 0.3 is 0 Å². The molecule has 0 radical (unpaired) electrons. The topological polar surface area (TPSA) is 17.1 Å². The minimum Gasteiger partial charge on any atom is -0.298 e. The highest BCUT2D eigenvalue weighted by Crippen LogP contribution is 2.33. The van der Waals surface area contributed by atoms with Gasteiger partial charge in [-0.3, -0.25) is 4.79 Å². The summed E-state index contributed by atoms with van der Waals surface area (Å²) in [5.74, 6) is -0.246. The second-order valence-electron chi connectivity index (χ2n) is 3.36. The number of hydrogen-bond acceptors (Lipinski definition) is 2. The average molecular weight is 311 g/mol. The predicted octanol–water partition coefficient (Wildman–Crippen LogP) is 4.55. The summed E-state index contributed by atoms with van der Waals surface area (Å²) in [5.41, 5.74) is 0.625. The van der Waals surface area contributed by atoms with Gasteiger partial charge in [0.1, 0.15) is 12.1 Å². The fourth-order valence-electron chi connectivity index (χ4n) is 1.30. The molecule has 0 amide bonds. The molecule has 4 heteroatoms. The van der Waals surface area contributed by atoms with E-state index in [2.05, 4.69) is 15.9 Å². The first-order valence-corrected chi connectivity index (χ1v) is 6.48. The first kappa shape index (κ1) is 12.3. The van der Waals surface area contributed by atoms with Crippen molar-refractivity contribution in [1.82, 2.24) is 0 Å². The lowest BCUT2D eigenvalue weighted by Gasteiger charge is -2.04. The largest absolute Gasteiger partial charge is 0.298 e. The molecule has 0 fully saturated rings. The van der Waals surface area contributed by atoms with Crippen LogP contribution in [0.5, 0.6) is 0 Å². The third-order valence-electron chi connectivity index (χ3n) is 2.13. The summed E-state index contributed by atoms with van der Waals surface area (Å²) in [6.07, 6.45) is 0.803. The van der Waals surface area contributed by atoms with Gasteiger partial charge in [-0.1, -0.05) is 17.8 Å². The summed E-state index contributed by atoms with van der Waals surface area (Å²) in [5, 5.41) is 0. The third-order valence-corrected chi connectivity index (χ3v) is 4.14. The Kier molecular flexibility index (Phi) is 3.97. The molecule has 0 heterocycles. The van der Waals surface area contributed by atoms with E-state index < -0.39 is 0 Å². The molecule has 0 N–H and O–H groups in total. The van der Waals surface area contributed by atoms with Gasteiger partial charge in [-0.2, -0.15) is 0 Å². The van der Waals surface area contributed by atoms with Gasteiger partial charge in [-0.05, 0) is 52.3 Å². The van der Waals surface area contributed by atoms with Gasteiger partial charge in [-0.15, -0.1) is 0 Å². The maximum absolute atomic E-state index is 12.7. The van der Waals surface area contributed by atoms with Crippen molar-refractivity contribution in [3.05, 3.63) is 58.3 Å². The van der Waals surface area contributed by atoms with Crippen LogP contribution >= 0.6 is 27.7 Å². The van der Waals surface area contributed by atoms with Gasteiger partial charge in [0.05, 0.1) is 0 Å². The van der Waals surface area contributed by atoms with Crippen LogP contribution in [-0.2, 0) is 0 Å². The first-order valence-electron chi connectivity index (χ1n) is 4.87. The van der Waals surface area contributed by atoms with E-state index in [-0.39, 0.29) is 5.82 Å². The lowest BCUT2D eigenvalue weighted by molar-refractivity contribution is 0.112. The number of aldehydes is 1. The van der Waals surface area contributed by atoms with E-state index in [1.165, 1.54) is 23.9 Å². The van der Waals surface area contributed by atoms with Gasteiger partial charge in [0.2, 0.25) is 0 Å². The molecule has 0 saturated carbocycles. The minimum atomic E-state index is -0.246. The molecular weight excluding hydrogens is 303 g/mol. The highest BCUT2D eigenvalue weighted by atomic mass is 79.9. The van der Waals surface area contributed by atoms with Gasteiger partial charge < -0.3 is 0 Å². The second-order valence-corrected chi connectivity index (χ2v) is 5.33. The zero-order valence-corrected chi connectivity index (χ0v) is 11.1. The molecule has 2 aromatic carbocycles. The van der Waals surface area contributed by atoms with Crippen molar-refractivity contribution < 1.29 is 9.18 Å². The molecule has 0 aliphatic carbocycles. The maximum atomic E-state index is 12.7. The molecular formula is C13H8BrFOS. The Morgan fingerprint density at radius 2 is 1.82 bits per heavy atom. The van der Waals surface area contributed by atoms with Gasteiger partial charge in [0, 0.05) is 19.8 Å². The van der Waals surface area contributed by atoms with Crippen molar-refractivity contribution in [3.8, 4) is 0 Å². The molecule has 0 aliphatic heterocycles. The Morgan fingerprint density at radius 3 is 2.41 bits per heavy atom. The number of carbonyl (C=O) groups excluding carboxylic acids is 1. The number of hydrogen-bond donors (Lipinski definition) is 0. The van der Waals surface area contributed by atoms with Crippen molar-refractivity contribution in [3.63, 3.8) is 0 Å². The summed E-state index contributed by atoms with van der Waals surface area (Å²) in [7, 11) is 0. The van der Waals surface area contributed by atoms with Crippen LogP contribution in [0, 0.1) is 5.82 Å². The Bertz CT molecular complexity index is 540. The fraction of sp³-hybridized carbons (Fsp3) is 0. The van der Waals surface area contributed by atoms with Crippen LogP contribution in [0.3, 0.4) is 0 Å². The highest BCUT2D eigenvalue weighted by molar-refractivity contribution is 9.10. The van der Waals surface area contributed by atoms with Crippen molar-refractivity contribution in [2.45, 2.75) is 9.79 Å². The molecule has 2 rings (SSSR count). The summed E-state index contributed by atoms with van der Waals surface area (Å²) in [4.78, 5) is 12.5. The molecule has 17 heavy (non-hydrogen) atoms. The van der Waals surface area contributed by atoms with Gasteiger partial charge in [0.15, 0.2) is 0 Å². The van der Waals surface area contributed by atoms with Crippen LogP contribution in [-0.4, -0.2) is 6.29 Å². The summed E-state index contributed by atoms with van der Waals surface area (Å²) in [6, 6.07) is 11.7. The van der Waals surface area contributed by atoms with Crippen molar-refractivity contribution in [2.24, 2.45) is 0 Å². The number of halogens is 2. The first-order chi connectivity index (χ1) is 8.19. The van der Waals surface area contributed by atoms with E-state index in [9.17, 15) is 9.18 Å². The SMILES string of the molecule is O=Cc1ccc(Sc2ccc(F)cc2)c(Br)c1. The van der Waals surface area contributed by atoms with Crippen molar-refractivity contribution in [1.29, 1.82) is 0 Å². The molecule has 0 spiro atoms. The normalized spacial score (nSPS) is 10.2. The van der Waals surface area contributed by atoms with E-state index in [0.29, 0.717) is 5.56 Å². The second kappa shape index (κ2) is 5.47. The quantitative estimate of drug-likeness (QED) is 0.773. The van der Waals surface area contributed by atoms with Gasteiger partial charge in [-0.25, -0.2) is 4.39 Å². The van der Waals surface area contributed by atoms with Crippen molar-refractivity contribution in [2.75, 3.05) is 0 Å². The lowest BCUT2D eigenvalue weighted by atomic mass is 10.2. The third kappa shape index (κ3) is 3.17. The molecule has 0 aromatic heterocycles. The van der Waals surface area contributed by atoms with E-state index in [4.69, 9.17) is 0 Å². The fourth-order valence-corrected chi connectivity index (χ4v) is 2.76. The van der Waals surface area contributed by atoms with Crippen LogP contribution in [0.4, 0.5) is 4.39 Å². The Morgan fingerprint density at radius 1 is 1.12 bits per heavy atom. The van der Waals surface area contributed by atoms with Crippen LogP contribution in [0.15, 0.2) is 56.7 Å². The molecule has 2 aromatic rings. The molecule has 0 aliphatic rings. The zero-order valence-electron chi connectivity index (χ0n) is 8.69. The number of carbonyl (C=O) groups is 1. The van der Waals surface area contributed by atoms with Crippen LogP contribution in [0.25, 0.3) is 0 Å². The predicted molar refractivity (Wildman–Crippen MR) is 70.1 cm³/mol. The standard InChI is InChI=1S/C13H8BrFOS/c14-12-7-9(8-16)1-6-13(12)17-11-4-2-10(15)3-5-11/h1-8H. The molecule has 0 unspecified atom stereocenters. The van der Waals surface area contributed by atoms with E-state index in [1.54, 1.807) is 24.3 Å². The summed E-state index contributed by atoms with van der Waals surface area (Å²) >= 11 is 4.92. The van der Waals surface area contributed by atoms with E-state index in [1.807, 2.05) is 6.07 Å². The smallest absolute Gasteiger partial charge is 0.150 e.